The molecule has 3 unspecified atom stereocenters. The number of benzene rings is 1. The van der Waals surface area contributed by atoms with E-state index in [1.807, 2.05) is 13.0 Å². The summed E-state index contributed by atoms with van der Waals surface area (Å²) in [6, 6.07) is 5.31. The number of nitrogens with two attached hydrogens (primary N) is 1. The first-order valence-electron chi connectivity index (χ1n) is 7.79. The molecule has 0 aliphatic heterocycles. The fourth-order valence-electron chi connectivity index (χ4n) is 4.09. The zero-order valence-electron chi connectivity index (χ0n) is 12.5. The average molecular weight is 308 g/mol. The third-order valence-corrected chi connectivity index (χ3v) is 6.89. The van der Waals surface area contributed by atoms with Crippen LogP contribution in [0.25, 0.3) is 0 Å². The van der Waals surface area contributed by atoms with Crippen molar-refractivity contribution in [3.05, 3.63) is 29.3 Å². The van der Waals surface area contributed by atoms with Gasteiger partial charge in [0, 0.05) is 13.1 Å². The minimum atomic E-state index is -3.43. The zero-order valence-corrected chi connectivity index (χ0v) is 13.3. The van der Waals surface area contributed by atoms with Gasteiger partial charge in [0.25, 0.3) is 0 Å². The molecular formula is C16H24N2O2S. The van der Waals surface area contributed by atoms with Crippen LogP contribution in [-0.4, -0.2) is 15.0 Å². The van der Waals surface area contributed by atoms with Gasteiger partial charge in [-0.2, -0.15) is 0 Å². The molecule has 3 rings (SSSR count). The molecule has 1 aromatic rings. The largest absolute Gasteiger partial charge is 0.326 e. The van der Waals surface area contributed by atoms with E-state index in [0.717, 1.165) is 23.0 Å². The summed E-state index contributed by atoms with van der Waals surface area (Å²) in [5, 5.41) is 0. The minimum absolute atomic E-state index is 0.363. The highest BCUT2D eigenvalue weighted by molar-refractivity contribution is 7.89. The van der Waals surface area contributed by atoms with Gasteiger partial charge in [-0.3, -0.25) is 0 Å². The molecule has 0 aromatic heterocycles. The van der Waals surface area contributed by atoms with Gasteiger partial charge in [-0.05, 0) is 61.1 Å². The van der Waals surface area contributed by atoms with Gasteiger partial charge in [0.2, 0.25) is 10.0 Å². The fourth-order valence-corrected chi connectivity index (χ4v) is 5.47. The molecule has 3 atom stereocenters. The highest BCUT2D eigenvalue weighted by Crippen LogP contribution is 2.48. The maximum absolute atomic E-state index is 12.5. The van der Waals surface area contributed by atoms with Gasteiger partial charge >= 0.3 is 0 Å². The van der Waals surface area contributed by atoms with Gasteiger partial charge < -0.3 is 5.73 Å². The van der Waals surface area contributed by atoms with Crippen LogP contribution in [0.5, 0.6) is 0 Å². The predicted octanol–water partition coefficient (Wildman–Crippen LogP) is 2.17. The van der Waals surface area contributed by atoms with Crippen LogP contribution in [-0.2, 0) is 16.6 Å². The number of sulfonamides is 1. The van der Waals surface area contributed by atoms with Crippen molar-refractivity contribution in [2.75, 3.05) is 6.54 Å². The molecule has 2 aliphatic carbocycles. The third kappa shape index (κ3) is 2.87. The van der Waals surface area contributed by atoms with Crippen molar-refractivity contribution < 1.29 is 8.42 Å². The van der Waals surface area contributed by atoms with Gasteiger partial charge in [-0.15, -0.1) is 0 Å². The van der Waals surface area contributed by atoms with Crippen molar-refractivity contribution in [3.8, 4) is 0 Å². The van der Waals surface area contributed by atoms with Crippen molar-refractivity contribution in [1.29, 1.82) is 0 Å². The van der Waals surface area contributed by atoms with E-state index in [4.69, 9.17) is 5.73 Å². The molecule has 4 nitrogen and oxygen atoms in total. The summed E-state index contributed by atoms with van der Waals surface area (Å²) < 4.78 is 27.9. The van der Waals surface area contributed by atoms with Gasteiger partial charge in [-0.1, -0.05) is 18.6 Å². The topological polar surface area (TPSA) is 72.2 Å². The second-order valence-corrected chi connectivity index (χ2v) is 8.27. The van der Waals surface area contributed by atoms with Gasteiger partial charge in [-0.25, -0.2) is 13.1 Å². The quantitative estimate of drug-likeness (QED) is 0.875. The van der Waals surface area contributed by atoms with Crippen LogP contribution in [0.15, 0.2) is 23.1 Å². The molecule has 116 valence electrons. The second-order valence-electron chi connectivity index (χ2n) is 6.53. The number of nitrogens with one attached hydrogen (secondary N) is 1. The lowest BCUT2D eigenvalue weighted by Crippen LogP contribution is -2.32. The van der Waals surface area contributed by atoms with Gasteiger partial charge in [0.1, 0.15) is 0 Å². The summed E-state index contributed by atoms with van der Waals surface area (Å²) in [5.41, 5.74) is 7.31. The number of rotatable bonds is 5. The number of hydrogen-bond acceptors (Lipinski definition) is 3. The Hall–Kier alpha value is -0.910. The fraction of sp³-hybridized carbons (Fsp3) is 0.625. The maximum Gasteiger partial charge on any atom is 0.240 e. The summed E-state index contributed by atoms with van der Waals surface area (Å²) >= 11 is 0. The highest BCUT2D eigenvalue weighted by Gasteiger charge is 2.39. The molecule has 0 radical (unpaired) electrons. The van der Waals surface area contributed by atoms with Crippen molar-refractivity contribution in [2.24, 2.45) is 23.5 Å². The summed E-state index contributed by atoms with van der Waals surface area (Å²) in [5.74, 6) is 2.09. The van der Waals surface area contributed by atoms with E-state index in [1.54, 1.807) is 12.1 Å². The smallest absolute Gasteiger partial charge is 0.240 e. The van der Waals surface area contributed by atoms with Crippen LogP contribution in [0.4, 0.5) is 0 Å². The maximum atomic E-state index is 12.5. The van der Waals surface area contributed by atoms with Crippen LogP contribution >= 0.6 is 0 Å². The Balaban J connectivity index is 1.72. The van der Waals surface area contributed by atoms with Crippen molar-refractivity contribution in [3.63, 3.8) is 0 Å². The Bertz CT molecular complexity index is 627. The minimum Gasteiger partial charge on any atom is -0.326 e. The first-order chi connectivity index (χ1) is 10.0. The van der Waals surface area contributed by atoms with Gasteiger partial charge in [0.05, 0.1) is 4.90 Å². The van der Waals surface area contributed by atoms with Crippen molar-refractivity contribution in [1.82, 2.24) is 4.72 Å². The third-order valence-electron chi connectivity index (χ3n) is 5.33. The van der Waals surface area contributed by atoms with E-state index in [1.165, 1.54) is 25.7 Å². The Morgan fingerprint density at radius 3 is 2.71 bits per heavy atom. The molecule has 2 saturated carbocycles. The van der Waals surface area contributed by atoms with Gasteiger partial charge in [0.15, 0.2) is 0 Å². The molecule has 0 spiro atoms. The molecule has 2 bridgehead atoms. The first kappa shape index (κ1) is 15.0. The van der Waals surface area contributed by atoms with Crippen LogP contribution in [0.1, 0.15) is 36.8 Å². The zero-order chi connectivity index (χ0) is 15.0. The second kappa shape index (κ2) is 5.71. The molecule has 0 saturated heterocycles. The molecule has 0 amide bonds. The molecule has 5 heteroatoms. The van der Waals surface area contributed by atoms with E-state index in [2.05, 4.69) is 4.72 Å². The molecule has 1 aromatic carbocycles. The average Bonchev–Trinajstić information content (AvgIpc) is 3.08. The van der Waals surface area contributed by atoms with Crippen molar-refractivity contribution in [2.45, 2.75) is 44.0 Å². The summed E-state index contributed by atoms with van der Waals surface area (Å²) in [6.07, 6.45) is 5.10. The Morgan fingerprint density at radius 2 is 2.10 bits per heavy atom. The lowest BCUT2D eigenvalue weighted by atomic mass is 9.89. The molecule has 3 N–H and O–H groups in total. The SMILES string of the molecule is Cc1c(CN)cccc1S(=O)(=O)NCC1CC2CCC1C2. The Morgan fingerprint density at radius 1 is 1.29 bits per heavy atom. The Labute approximate surface area is 127 Å². The van der Waals surface area contributed by atoms with Crippen LogP contribution < -0.4 is 10.5 Å². The summed E-state index contributed by atoms with van der Waals surface area (Å²) in [7, 11) is -3.43. The van der Waals surface area contributed by atoms with E-state index in [9.17, 15) is 8.42 Å². The first-order valence-corrected chi connectivity index (χ1v) is 9.28. The van der Waals surface area contributed by atoms with E-state index < -0.39 is 10.0 Å². The molecule has 2 fully saturated rings. The van der Waals surface area contributed by atoms with Crippen LogP contribution in [0.2, 0.25) is 0 Å². The molecular weight excluding hydrogens is 284 g/mol. The van der Waals surface area contributed by atoms with E-state index in [0.29, 0.717) is 23.9 Å². The molecule has 2 aliphatic rings. The molecule has 21 heavy (non-hydrogen) atoms. The lowest BCUT2D eigenvalue weighted by molar-refractivity contribution is 0.333. The van der Waals surface area contributed by atoms with E-state index in [-0.39, 0.29) is 0 Å². The van der Waals surface area contributed by atoms with Crippen LogP contribution in [0.3, 0.4) is 0 Å². The predicted molar refractivity (Wildman–Crippen MR) is 83.2 cm³/mol. The van der Waals surface area contributed by atoms with Crippen LogP contribution in [0, 0.1) is 24.7 Å². The summed E-state index contributed by atoms with van der Waals surface area (Å²) in [4.78, 5) is 0.369. The van der Waals surface area contributed by atoms with Crippen molar-refractivity contribution >= 4 is 10.0 Å². The number of hydrogen-bond donors (Lipinski definition) is 2. The summed E-state index contributed by atoms with van der Waals surface area (Å²) in [6.45, 7) is 2.77. The molecule has 0 heterocycles. The Kier molecular flexibility index (Phi) is 4.08. The lowest BCUT2D eigenvalue weighted by Gasteiger charge is -2.22. The van der Waals surface area contributed by atoms with E-state index >= 15 is 0 Å². The normalized spacial score (nSPS) is 28.2. The monoisotopic (exact) mass is 308 g/mol. The highest BCUT2D eigenvalue weighted by atomic mass is 32.2. The standard InChI is InChI=1S/C16H24N2O2S/c1-11-14(9-17)3-2-4-16(11)21(19,20)18-10-15-8-12-5-6-13(15)7-12/h2-4,12-13,15,18H,5-10,17H2,1H3. The number of fused-ring (bicyclic) bond motifs is 2.